The Balaban J connectivity index is 1.73. The van der Waals surface area contributed by atoms with E-state index in [1.54, 1.807) is 6.07 Å². The van der Waals surface area contributed by atoms with Gasteiger partial charge in [-0.15, -0.1) is 0 Å². The summed E-state index contributed by atoms with van der Waals surface area (Å²) in [4.78, 5) is 24.4. The quantitative estimate of drug-likeness (QED) is 0.684. The van der Waals surface area contributed by atoms with Crippen LogP contribution in [0.5, 0.6) is 5.75 Å². The predicted molar refractivity (Wildman–Crippen MR) is 110 cm³/mol. The van der Waals surface area contributed by atoms with Crippen LogP contribution in [0.3, 0.4) is 0 Å². The molecule has 0 saturated carbocycles. The Morgan fingerprint density at radius 3 is 2.36 bits per heavy atom. The Labute approximate surface area is 163 Å². The number of hydrogen-bond donors (Lipinski definition) is 1. The topological polar surface area (TPSA) is 73.2 Å². The fourth-order valence-electron chi connectivity index (χ4n) is 2.77. The van der Waals surface area contributed by atoms with Gasteiger partial charge in [-0.3, -0.25) is 9.59 Å². The Morgan fingerprint density at radius 2 is 1.71 bits per heavy atom. The van der Waals surface area contributed by atoms with Crippen LogP contribution >= 0.6 is 0 Å². The van der Waals surface area contributed by atoms with Crippen molar-refractivity contribution in [3.8, 4) is 17.0 Å². The van der Waals surface area contributed by atoms with Crippen LogP contribution in [-0.2, 0) is 17.8 Å². The second-order valence-electron chi connectivity index (χ2n) is 6.27. The van der Waals surface area contributed by atoms with Crippen LogP contribution in [-0.4, -0.2) is 22.3 Å². The number of ether oxygens (including phenoxy) is 1. The number of benzene rings is 2. The lowest BCUT2D eigenvalue weighted by atomic mass is 10.1. The van der Waals surface area contributed by atoms with E-state index in [-0.39, 0.29) is 18.0 Å². The molecule has 0 spiro atoms. The van der Waals surface area contributed by atoms with Crippen molar-refractivity contribution in [2.24, 2.45) is 0 Å². The number of rotatable bonds is 7. The smallest absolute Gasteiger partial charge is 0.267 e. The van der Waals surface area contributed by atoms with Gasteiger partial charge in [-0.2, -0.15) is 5.10 Å². The predicted octanol–water partition coefficient (Wildman–Crippen LogP) is 3.51. The van der Waals surface area contributed by atoms with E-state index < -0.39 is 0 Å². The molecule has 0 aliphatic carbocycles. The van der Waals surface area contributed by atoms with Gasteiger partial charge in [0.2, 0.25) is 5.91 Å². The van der Waals surface area contributed by atoms with Crippen molar-refractivity contribution in [2.45, 2.75) is 26.8 Å². The fourth-order valence-corrected chi connectivity index (χ4v) is 2.77. The number of carbonyl (C=O) groups is 1. The second kappa shape index (κ2) is 8.99. The average Bonchev–Trinajstić information content (AvgIpc) is 2.71. The van der Waals surface area contributed by atoms with Gasteiger partial charge in [0, 0.05) is 17.3 Å². The molecule has 0 saturated heterocycles. The third-order valence-corrected chi connectivity index (χ3v) is 4.27. The Bertz CT molecular complexity index is 993. The minimum absolute atomic E-state index is 0.154. The number of nitrogens with zero attached hydrogens (tertiary/aromatic N) is 2. The second-order valence-corrected chi connectivity index (χ2v) is 6.27. The Morgan fingerprint density at radius 1 is 1.00 bits per heavy atom. The molecule has 3 rings (SSSR count). The molecule has 1 aromatic heterocycles. The van der Waals surface area contributed by atoms with Crippen molar-refractivity contribution in [1.82, 2.24) is 9.78 Å². The summed E-state index contributed by atoms with van der Waals surface area (Å²) in [6.07, 6.45) is 0.936. The third-order valence-electron chi connectivity index (χ3n) is 4.27. The van der Waals surface area contributed by atoms with Gasteiger partial charge in [0.05, 0.1) is 12.3 Å². The first-order valence-electron chi connectivity index (χ1n) is 9.29. The highest BCUT2D eigenvalue weighted by molar-refractivity contribution is 5.90. The van der Waals surface area contributed by atoms with Crippen molar-refractivity contribution in [3.63, 3.8) is 0 Å². The molecule has 1 N–H and O–H groups in total. The summed E-state index contributed by atoms with van der Waals surface area (Å²) in [5, 5.41) is 7.12. The molecular weight excluding hydrogens is 354 g/mol. The molecule has 0 fully saturated rings. The molecule has 0 aliphatic heterocycles. The van der Waals surface area contributed by atoms with Gasteiger partial charge in [-0.25, -0.2) is 4.68 Å². The molecule has 1 amide bonds. The molecule has 1 heterocycles. The van der Waals surface area contributed by atoms with E-state index in [0.717, 1.165) is 17.7 Å². The zero-order chi connectivity index (χ0) is 19.9. The van der Waals surface area contributed by atoms with E-state index in [0.29, 0.717) is 18.0 Å². The van der Waals surface area contributed by atoms with Gasteiger partial charge in [0.25, 0.3) is 5.56 Å². The number of anilines is 1. The maximum absolute atomic E-state index is 12.3. The van der Waals surface area contributed by atoms with Crippen molar-refractivity contribution in [1.29, 1.82) is 0 Å². The molecule has 144 valence electrons. The summed E-state index contributed by atoms with van der Waals surface area (Å²) in [5.41, 5.74) is 3.01. The molecule has 3 aromatic rings. The number of carbonyl (C=O) groups excluding carboxylic acids is 1. The van der Waals surface area contributed by atoms with E-state index in [9.17, 15) is 9.59 Å². The van der Waals surface area contributed by atoms with Gasteiger partial charge < -0.3 is 10.1 Å². The normalized spacial score (nSPS) is 10.5. The van der Waals surface area contributed by atoms with E-state index in [1.165, 1.54) is 16.3 Å². The maximum atomic E-state index is 12.3. The summed E-state index contributed by atoms with van der Waals surface area (Å²) < 4.78 is 6.60. The van der Waals surface area contributed by atoms with Crippen LogP contribution in [0.2, 0.25) is 0 Å². The minimum atomic E-state index is -0.328. The Hall–Kier alpha value is -3.41. The first-order chi connectivity index (χ1) is 13.6. The molecule has 0 unspecified atom stereocenters. The van der Waals surface area contributed by atoms with E-state index >= 15 is 0 Å². The highest BCUT2D eigenvalue weighted by atomic mass is 16.5. The molecule has 28 heavy (non-hydrogen) atoms. The monoisotopic (exact) mass is 377 g/mol. The van der Waals surface area contributed by atoms with Crippen molar-refractivity contribution >= 4 is 11.6 Å². The molecule has 6 nitrogen and oxygen atoms in total. The molecule has 6 heteroatoms. The first kappa shape index (κ1) is 19.4. The van der Waals surface area contributed by atoms with Crippen LogP contribution in [0.25, 0.3) is 11.3 Å². The number of amides is 1. The summed E-state index contributed by atoms with van der Waals surface area (Å²) in [5.74, 6) is 0.468. The van der Waals surface area contributed by atoms with Crippen molar-refractivity contribution in [3.05, 3.63) is 76.6 Å². The largest absolute Gasteiger partial charge is 0.494 e. The molecular formula is C22H23N3O3. The minimum Gasteiger partial charge on any atom is -0.494 e. The molecule has 2 aromatic carbocycles. The van der Waals surface area contributed by atoms with Gasteiger partial charge in [-0.05, 0) is 61.4 Å². The zero-order valence-corrected chi connectivity index (χ0v) is 16.0. The molecule has 0 atom stereocenters. The van der Waals surface area contributed by atoms with Crippen LogP contribution in [0.1, 0.15) is 19.4 Å². The number of aromatic nitrogens is 2. The molecule has 0 bridgehead atoms. The van der Waals surface area contributed by atoms with Crippen LogP contribution in [0, 0.1) is 0 Å². The van der Waals surface area contributed by atoms with E-state index in [4.69, 9.17) is 4.74 Å². The van der Waals surface area contributed by atoms with Crippen LogP contribution < -0.4 is 15.6 Å². The SMILES string of the molecule is CCOc1ccc(-c2ccc(=O)n(CC(=O)Nc3ccc(CC)cc3)n2)cc1. The van der Waals surface area contributed by atoms with Gasteiger partial charge in [-0.1, -0.05) is 19.1 Å². The maximum Gasteiger partial charge on any atom is 0.267 e. The van der Waals surface area contributed by atoms with E-state index in [1.807, 2.05) is 55.5 Å². The summed E-state index contributed by atoms with van der Waals surface area (Å²) in [7, 11) is 0. The zero-order valence-electron chi connectivity index (χ0n) is 16.0. The third kappa shape index (κ3) is 4.85. The fraction of sp³-hybridized carbons (Fsp3) is 0.227. The highest BCUT2D eigenvalue weighted by Crippen LogP contribution is 2.20. The van der Waals surface area contributed by atoms with Gasteiger partial charge in [0.1, 0.15) is 12.3 Å². The van der Waals surface area contributed by atoms with Crippen LogP contribution in [0.4, 0.5) is 5.69 Å². The molecule has 0 aliphatic rings. The summed E-state index contributed by atoms with van der Waals surface area (Å²) in [6.45, 7) is 4.44. The lowest BCUT2D eigenvalue weighted by Gasteiger charge is -2.09. The van der Waals surface area contributed by atoms with E-state index in [2.05, 4.69) is 17.3 Å². The molecule has 0 radical (unpaired) electrons. The number of aryl methyl sites for hydroxylation is 1. The van der Waals surface area contributed by atoms with Gasteiger partial charge in [0.15, 0.2) is 0 Å². The Kier molecular flexibility index (Phi) is 6.22. The van der Waals surface area contributed by atoms with Crippen LogP contribution in [0.15, 0.2) is 65.5 Å². The number of hydrogen-bond acceptors (Lipinski definition) is 4. The highest BCUT2D eigenvalue weighted by Gasteiger charge is 2.09. The van der Waals surface area contributed by atoms with Crippen molar-refractivity contribution < 1.29 is 9.53 Å². The van der Waals surface area contributed by atoms with Gasteiger partial charge >= 0.3 is 0 Å². The standard InChI is InChI=1S/C22H23N3O3/c1-3-16-5-9-18(10-6-16)23-21(26)15-25-22(27)14-13-20(24-25)17-7-11-19(12-8-17)28-4-2/h5-14H,3-4,15H2,1-2H3,(H,23,26). The lowest BCUT2D eigenvalue weighted by Crippen LogP contribution is -2.29. The van der Waals surface area contributed by atoms with Crippen molar-refractivity contribution in [2.75, 3.05) is 11.9 Å². The summed E-state index contributed by atoms with van der Waals surface area (Å²) in [6, 6.07) is 18.1. The summed E-state index contributed by atoms with van der Waals surface area (Å²) >= 11 is 0. The average molecular weight is 377 g/mol. The number of nitrogens with one attached hydrogen (secondary N) is 1. The first-order valence-corrected chi connectivity index (χ1v) is 9.29. The lowest BCUT2D eigenvalue weighted by molar-refractivity contribution is -0.117.